The van der Waals surface area contributed by atoms with Crippen LogP contribution in [0.2, 0.25) is 0 Å². The Morgan fingerprint density at radius 1 is 1.50 bits per heavy atom. The van der Waals surface area contributed by atoms with Crippen LogP contribution in [0, 0.1) is 5.92 Å². The molecule has 2 heteroatoms. The zero-order valence-corrected chi connectivity index (χ0v) is 8.52. The first-order valence-corrected chi connectivity index (χ1v) is 5.51. The summed E-state index contributed by atoms with van der Waals surface area (Å²) in [5.74, 6) is 0.837. The summed E-state index contributed by atoms with van der Waals surface area (Å²) in [6.07, 6.45) is 9.96. The smallest absolute Gasteiger partial charge is 0.0299 e. The van der Waals surface area contributed by atoms with Crippen molar-refractivity contribution in [3.8, 4) is 0 Å². The predicted molar refractivity (Wildman–Crippen MR) is 57.9 cm³/mol. The van der Waals surface area contributed by atoms with Crippen LogP contribution in [-0.4, -0.2) is 11.0 Å². The van der Waals surface area contributed by atoms with Crippen LogP contribution in [0.15, 0.2) is 24.5 Å². The van der Waals surface area contributed by atoms with Gasteiger partial charge in [0.05, 0.1) is 0 Å². The van der Waals surface area contributed by atoms with Gasteiger partial charge in [0.15, 0.2) is 0 Å². The molecule has 76 valence electrons. The van der Waals surface area contributed by atoms with Gasteiger partial charge in [0.1, 0.15) is 0 Å². The van der Waals surface area contributed by atoms with Crippen LogP contribution >= 0.6 is 0 Å². The number of hydrogen-bond donors (Lipinski definition) is 1. The summed E-state index contributed by atoms with van der Waals surface area (Å²) in [4.78, 5) is 4.10. The number of hydrogen-bond acceptors (Lipinski definition) is 2. The Labute approximate surface area is 85.5 Å². The normalized spacial score (nSPS) is 18.1. The van der Waals surface area contributed by atoms with E-state index in [0.717, 1.165) is 12.3 Å². The van der Waals surface area contributed by atoms with Crippen molar-refractivity contribution in [2.45, 2.75) is 38.1 Å². The van der Waals surface area contributed by atoms with Crippen molar-refractivity contribution in [3.05, 3.63) is 30.1 Å². The van der Waals surface area contributed by atoms with Crippen molar-refractivity contribution in [1.29, 1.82) is 0 Å². The molecule has 0 bridgehead atoms. The molecule has 1 aromatic rings. The van der Waals surface area contributed by atoms with Crippen LogP contribution in [0.1, 0.15) is 31.2 Å². The second-order valence-corrected chi connectivity index (χ2v) is 4.25. The maximum atomic E-state index is 6.03. The van der Waals surface area contributed by atoms with Gasteiger partial charge >= 0.3 is 0 Å². The summed E-state index contributed by atoms with van der Waals surface area (Å²) in [5.41, 5.74) is 7.36. The van der Waals surface area contributed by atoms with E-state index in [4.69, 9.17) is 5.73 Å². The largest absolute Gasteiger partial charge is 0.327 e. The molecule has 1 aromatic heterocycles. The second-order valence-electron chi connectivity index (χ2n) is 4.25. The average molecular weight is 190 g/mol. The van der Waals surface area contributed by atoms with Gasteiger partial charge < -0.3 is 5.73 Å². The number of rotatable bonds is 5. The monoisotopic (exact) mass is 190 g/mol. The molecule has 2 N–H and O–H groups in total. The highest BCUT2D eigenvalue weighted by molar-refractivity contribution is 5.08. The van der Waals surface area contributed by atoms with Crippen LogP contribution in [0.4, 0.5) is 0 Å². The van der Waals surface area contributed by atoms with E-state index in [2.05, 4.69) is 11.1 Å². The van der Waals surface area contributed by atoms with E-state index in [9.17, 15) is 0 Å². The van der Waals surface area contributed by atoms with E-state index in [0.29, 0.717) is 6.04 Å². The molecule has 1 heterocycles. The fourth-order valence-corrected chi connectivity index (χ4v) is 1.85. The number of nitrogens with two attached hydrogens (primary N) is 1. The van der Waals surface area contributed by atoms with E-state index in [-0.39, 0.29) is 0 Å². The van der Waals surface area contributed by atoms with Gasteiger partial charge in [-0.05, 0) is 49.7 Å². The van der Waals surface area contributed by atoms with Crippen molar-refractivity contribution in [2.75, 3.05) is 0 Å². The third-order valence-electron chi connectivity index (χ3n) is 2.95. The summed E-state index contributed by atoms with van der Waals surface area (Å²) >= 11 is 0. The van der Waals surface area contributed by atoms with Gasteiger partial charge in [-0.25, -0.2) is 0 Å². The third-order valence-corrected chi connectivity index (χ3v) is 2.95. The summed E-state index contributed by atoms with van der Waals surface area (Å²) in [6, 6.07) is 4.58. The first-order chi connectivity index (χ1) is 6.86. The molecule has 0 aromatic carbocycles. The Kier molecular flexibility index (Phi) is 3.14. The minimum Gasteiger partial charge on any atom is -0.327 e. The molecule has 0 unspecified atom stereocenters. The van der Waals surface area contributed by atoms with Gasteiger partial charge in [-0.15, -0.1) is 0 Å². The first kappa shape index (κ1) is 9.66. The van der Waals surface area contributed by atoms with E-state index in [1.807, 2.05) is 18.5 Å². The summed E-state index contributed by atoms with van der Waals surface area (Å²) in [5, 5.41) is 0. The number of aromatic nitrogens is 1. The van der Waals surface area contributed by atoms with E-state index in [1.165, 1.54) is 31.2 Å². The fourth-order valence-electron chi connectivity index (χ4n) is 1.85. The summed E-state index contributed by atoms with van der Waals surface area (Å²) < 4.78 is 0. The highest BCUT2D eigenvalue weighted by Crippen LogP contribution is 2.33. The molecule has 0 saturated heterocycles. The van der Waals surface area contributed by atoms with Crippen molar-refractivity contribution in [2.24, 2.45) is 11.7 Å². The SMILES string of the molecule is N[C@H](CCCc1cccnc1)C1CC1. The second kappa shape index (κ2) is 4.56. The standard InChI is InChI=1S/C12H18N2/c13-12(11-6-7-11)5-1-3-10-4-2-8-14-9-10/h2,4,8-9,11-12H,1,3,5-7,13H2/t12-/m1/s1. The van der Waals surface area contributed by atoms with E-state index >= 15 is 0 Å². The zero-order chi connectivity index (χ0) is 9.80. The molecular formula is C12H18N2. The van der Waals surface area contributed by atoms with Crippen LogP contribution in [-0.2, 0) is 6.42 Å². The van der Waals surface area contributed by atoms with Crippen LogP contribution in [0.3, 0.4) is 0 Å². The number of pyridine rings is 1. The van der Waals surface area contributed by atoms with Gasteiger partial charge in [0.25, 0.3) is 0 Å². The molecule has 0 amide bonds. The molecule has 1 aliphatic rings. The lowest BCUT2D eigenvalue weighted by Crippen LogP contribution is -2.22. The van der Waals surface area contributed by atoms with Crippen molar-refractivity contribution in [3.63, 3.8) is 0 Å². The molecule has 1 saturated carbocycles. The summed E-state index contributed by atoms with van der Waals surface area (Å²) in [6.45, 7) is 0. The quantitative estimate of drug-likeness (QED) is 0.772. The minimum absolute atomic E-state index is 0.451. The predicted octanol–water partition coefficient (Wildman–Crippen LogP) is 2.14. The van der Waals surface area contributed by atoms with Crippen molar-refractivity contribution < 1.29 is 0 Å². The maximum absolute atomic E-state index is 6.03. The molecule has 1 fully saturated rings. The Morgan fingerprint density at radius 2 is 2.36 bits per heavy atom. The molecule has 0 spiro atoms. The molecule has 14 heavy (non-hydrogen) atoms. The van der Waals surface area contributed by atoms with Gasteiger partial charge in [0.2, 0.25) is 0 Å². The number of aryl methyl sites for hydroxylation is 1. The van der Waals surface area contributed by atoms with Crippen molar-refractivity contribution >= 4 is 0 Å². The fraction of sp³-hybridized carbons (Fsp3) is 0.583. The average Bonchev–Trinajstić information content (AvgIpc) is 3.02. The lowest BCUT2D eigenvalue weighted by molar-refractivity contribution is 0.528. The third kappa shape index (κ3) is 2.81. The Morgan fingerprint density at radius 3 is 3.00 bits per heavy atom. The molecule has 1 aliphatic carbocycles. The Balaban J connectivity index is 1.67. The zero-order valence-electron chi connectivity index (χ0n) is 8.52. The summed E-state index contributed by atoms with van der Waals surface area (Å²) in [7, 11) is 0. The van der Waals surface area contributed by atoms with Crippen molar-refractivity contribution in [1.82, 2.24) is 4.98 Å². The molecular weight excluding hydrogens is 172 g/mol. The molecule has 2 rings (SSSR count). The molecule has 0 aliphatic heterocycles. The van der Waals surface area contributed by atoms with Gasteiger partial charge in [-0.2, -0.15) is 0 Å². The first-order valence-electron chi connectivity index (χ1n) is 5.51. The van der Waals surface area contributed by atoms with E-state index < -0.39 is 0 Å². The molecule has 0 radical (unpaired) electrons. The Bertz CT molecular complexity index is 267. The minimum atomic E-state index is 0.451. The van der Waals surface area contributed by atoms with Gasteiger partial charge in [-0.1, -0.05) is 6.07 Å². The van der Waals surface area contributed by atoms with Crippen LogP contribution in [0.5, 0.6) is 0 Å². The lowest BCUT2D eigenvalue weighted by Gasteiger charge is -2.09. The van der Waals surface area contributed by atoms with Gasteiger partial charge in [-0.3, -0.25) is 4.98 Å². The highest BCUT2D eigenvalue weighted by atomic mass is 14.7. The Hall–Kier alpha value is -0.890. The lowest BCUT2D eigenvalue weighted by atomic mass is 10.0. The van der Waals surface area contributed by atoms with Crippen LogP contribution in [0.25, 0.3) is 0 Å². The molecule has 1 atom stereocenters. The highest BCUT2D eigenvalue weighted by Gasteiger charge is 2.27. The number of nitrogens with zero attached hydrogens (tertiary/aromatic N) is 1. The molecule has 2 nitrogen and oxygen atoms in total. The van der Waals surface area contributed by atoms with Gasteiger partial charge in [0, 0.05) is 18.4 Å². The van der Waals surface area contributed by atoms with Crippen LogP contribution < -0.4 is 5.73 Å². The topological polar surface area (TPSA) is 38.9 Å². The van der Waals surface area contributed by atoms with E-state index in [1.54, 1.807) is 0 Å². The maximum Gasteiger partial charge on any atom is 0.0299 e.